The summed E-state index contributed by atoms with van der Waals surface area (Å²) in [7, 11) is 1.48. The van der Waals surface area contributed by atoms with Crippen molar-refractivity contribution >= 4 is 41.3 Å². The van der Waals surface area contributed by atoms with Gasteiger partial charge in [0, 0.05) is 23.3 Å². The van der Waals surface area contributed by atoms with E-state index >= 15 is 0 Å². The maximum absolute atomic E-state index is 11.7. The number of thioether (sulfide) groups is 3. The van der Waals surface area contributed by atoms with Crippen LogP contribution >= 0.6 is 35.3 Å². The third kappa shape index (κ3) is 4.77. The second kappa shape index (κ2) is 8.55. The first-order valence-electron chi connectivity index (χ1n) is 5.26. The number of ether oxygens (including phenoxy) is 1. The van der Waals surface area contributed by atoms with Gasteiger partial charge in [-0.25, -0.2) is 0 Å². The molecule has 16 heavy (non-hydrogen) atoms. The van der Waals surface area contributed by atoms with Crippen molar-refractivity contribution in [2.75, 3.05) is 42.4 Å². The number of carbonyl (C=O) groups is 1. The lowest BCUT2D eigenvalue weighted by Crippen LogP contribution is -2.41. The molecule has 6 heteroatoms. The van der Waals surface area contributed by atoms with E-state index in [1.807, 2.05) is 23.5 Å². The Morgan fingerprint density at radius 1 is 1.44 bits per heavy atom. The molecule has 1 rings (SSSR count). The zero-order valence-electron chi connectivity index (χ0n) is 9.81. The monoisotopic (exact) mass is 281 g/mol. The van der Waals surface area contributed by atoms with E-state index in [0.29, 0.717) is 0 Å². The Balaban J connectivity index is 2.54. The van der Waals surface area contributed by atoms with Gasteiger partial charge in [0.2, 0.25) is 0 Å². The number of hydrogen-bond acceptors (Lipinski definition) is 6. The normalized spacial score (nSPS) is 20.1. The van der Waals surface area contributed by atoms with Crippen LogP contribution in [0.2, 0.25) is 0 Å². The van der Waals surface area contributed by atoms with Crippen molar-refractivity contribution in [1.82, 2.24) is 4.90 Å². The summed E-state index contributed by atoms with van der Waals surface area (Å²) >= 11 is 5.59. The first-order valence-corrected chi connectivity index (χ1v) is 8.96. The fraction of sp³-hybridized carbons (Fsp3) is 0.900. The summed E-state index contributed by atoms with van der Waals surface area (Å²) in [6.07, 6.45) is 2.95. The Morgan fingerprint density at radius 2 is 2.06 bits per heavy atom. The number of nitrogens with zero attached hydrogens (tertiary/aromatic N) is 1. The first kappa shape index (κ1) is 14.5. The van der Waals surface area contributed by atoms with Crippen molar-refractivity contribution in [3.8, 4) is 0 Å². The lowest BCUT2D eigenvalue weighted by atomic mass is 10.2. The summed E-state index contributed by atoms with van der Waals surface area (Å²) in [5.41, 5.74) is 0. The van der Waals surface area contributed by atoms with Crippen molar-refractivity contribution < 1.29 is 9.53 Å². The molecular formula is C10H19NO2S3. The van der Waals surface area contributed by atoms with Gasteiger partial charge in [-0.2, -0.15) is 11.8 Å². The van der Waals surface area contributed by atoms with Crippen LogP contribution in [0.1, 0.15) is 6.42 Å². The fourth-order valence-electron chi connectivity index (χ4n) is 1.51. The minimum absolute atomic E-state index is 0.0597. The van der Waals surface area contributed by atoms with Crippen LogP contribution in [0.25, 0.3) is 0 Å². The molecular weight excluding hydrogens is 262 g/mol. The van der Waals surface area contributed by atoms with Gasteiger partial charge in [0.25, 0.3) is 0 Å². The molecule has 0 aromatic carbocycles. The molecule has 3 nitrogen and oxygen atoms in total. The van der Waals surface area contributed by atoms with Crippen LogP contribution in [-0.2, 0) is 9.53 Å². The van der Waals surface area contributed by atoms with Crippen molar-refractivity contribution in [2.45, 2.75) is 12.5 Å². The molecule has 0 bridgehead atoms. The molecule has 0 amide bonds. The van der Waals surface area contributed by atoms with Gasteiger partial charge in [0.05, 0.1) is 7.11 Å². The van der Waals surface area contributed by atoms with Gasteiger partial charge in [0.1, 0.15) is 6.04 Å². The first-order chi connectivity index (χ1) is 7.79. The SMILES string of the molecule is COC(=O)C(CCSC)N1CSCCSC1. The van der Waals surface area contributed by atoms with E-state index in [9.17, 15) is 4.79 Å². The largest absolute Gasteiger partial charge is 0.468 e. The van der Waals surface area contributed by atoms with Crippen molar-refractivity contribution in [3.63, 3.8) is 0 Å². The van der Waals surface area contributed by atoms with Gasteiger partial charge in [-0.05, 0) is 18.4 Å². The average Bonchev–Trinajstić information content (AvgIpc) is 2.58. The van der Waals surface area contributed by atoms with Crippen LogP contribution in [0.15, 0.2) is 0 Å². The highest BCUT2D eigenvalue weighted by Gasteiger charge is 2.27. The summed E-state index contributed by atoms with van der Waals surface area (Å²) in [4.78, 5) is 14.0. The van der Waals surface area contributed by atoms with E-state index in [2.05, 4.69) is 11.2 Å². The quantitative estimate of drug-likeness (QED) is 0.716. The summed E-state index contributed by atoms with van der Waals surface area (Å²) in [6, 6.07) is -0.0597. The maximum Gasteiger partial charge on any atom is 0.323 e. The summed E-state index contributed by atoms with van der Waals surface area (Å²) in [6.45, 7) is 0. The zero-order valence-corrected chi connectivity index (χ0v) is 12.3. The van der Waals surface area contributed by atoms with Crippen molar-refractivity contribution in [2.24, 2.45) is 0 Å². The van der Waals surface area contributed by atoms with E-state index in [4.69, 9.17) is 4.74 Å². The molecule has 1 fully saturated rings. The van der Waals surface area contributed by atoms with E-state index in [-0.39, 0.29) is 12.0 Å². The van der Waals surface area contributed by atoms with Gasteiger partial charge in [-0.15, -0.1) is 23.5 Å². The number of esters is 1. The zero-order chi connectivity index (χ0) is 11.8. The number of methoxy groups -OCH3 is 1. The Labute approximate surface area is 110 Å². The second-order valence-corrected chi connectivity index (χ2v) is 6.62. The van der Waals surface area contributed by atoms with Crippen LogP contribution in [0.3, 0.4) is 0 Å². The Bertz CT molecular complexity index is 208. The lowest BCUT2D eigenvalue weighted by Gasteiger charge is -2.27. The number of carbonyl (C=O) groups excluding carboxylic acids is 1. The van der Waals surface area contributed by atoms with E-state index in [1.54, 1.807) is 11.8 Å². The van der Waals surface area contributed by atoms with Crippen LogP contribution in [0, 0.1) is 0 Å². The molecule has 0 aromatic heterocycles. The fourth-order valence-corrected chi connectivity index (χ4v) is 4.30. The van der Waals surface area contributed by atoms with Crippen molar-refractivity contribution in [3.05, 3.63) is 0 Å². The predicted molar refractivity (Wildman–Crippen MR) is 75.3 cm³/mol. The van der Waals surface area contributed by atoms with E-state index < -0.39 is 0 Å². The predicted octanol–water partition coefficient (Wildman–Crippen LogP) is 1.98. The van der Waals surface area contributed by atoms with Gasteiger partial charge >= 0.3 is 5.97 Å². The maximum atomic E-state index is 11.7. The molecule has 1 unspecified atom stereocenters. The van der Waals surface area contributed by atoms with Crippen LogP contribution in [-0.4, -0.2) is 59.3 Å². The number of rotatable bonds is 5. The minimum atomic E-state index is -0.0860. The molecule has 0 spiro atoms. The van der Waals surface area contributed by atoms with Gasteiger partial charge in [-0.3, -0.25) is 9.69 Å². The van der Waals surface area contributed by atoms with Crippen LogP contribution in [0.5, 0.6) is 0 Å². The standard InChI is InChI=1S/C10H19NO2S3/c1-13-10(12)9(3-4-14-2)11-7-15-5-6-16-8-11/h9H,3-8H2,1-2H3. The topological polar surface area (TPSA) is 29.5 Å². The Kier molecular flexibility index (Phi) is 7.77. The molecule has 94 valence electrons. The highest BCUT2D eigenvalue weighted by atomic mass is 32.2. The Hall–Kier alpha value is 0.480. The summed E-state index contributed by atoms with van der Waals surface area (Å²) < 4.78 is 4.90. The van der Waals surface area contributed by atoms with Crippen LogP contribution in [0.4, 0.5) is 0 Å². The molecule has 0 N–H and O–H groups in total. The van der Waals surface area contributed by atoms with Gasteiger partial charge < -0.3 is 4.74 Å². The molecule has 0 saturated carbocycles. The third-order valence-electron chi connectivity index (χ3n) is 2.40. The molecule has 1 aliphatic heterocycles. The lowest BCUT2D eigenvalue weighted by molar-refractivity contribution is -0.146. The van der Waals surface area contributed by atoms with E-state index in [0.717, 1.165) is 23.9 Å². The smallest absolute Gasteiger partial charge is 0.323 e. The molecule has 1 aliphatic rings. The Morgan fingerprint density at radius 3 is 2.56 bits per heavy atom. The second-order valence-electron chi connectivity index (χ2n) is 3.48. The summed E-state index contributed by atoms with van der Waals surface area (Å²) in [5.74, 6) is 5.17. The molecule has 0 aliphatic carbocycles. The molecule has 0 aromatic rings. The highest BCUT2D eigenvalue weighted by molar-refractivity contribution is 8.03. The van der Waals surface area contributed by atoms with Gasteiger partial charge in [0.15, 0.2) is 0 Å². The van der Waals surface area contributed by atoms with Gasteiger partial charge in [-0.1, -0.05) is 0 Å². The third-order valence-corrected chi connectivity index (χ3v) is 5.31. The number of hydrogen-bond donors (Lipinski definition) is 0. The highest BCUT2D eigenvalue weighted by Crippen LogP contribution is 2.21. The average molecular weight is 281 g/mol. The van der Waals surface area contributed by atoms with Crippen LogP contribution < -0.4 is 0 Å². The minimum Gasteiger partial charge on any atom is -0.468 e. The molecule has 1 heterocycles. The van der Waals surface area contributed by atoms with Crippen molar-refractivity contribution in [1.29, 1.82) is 0 Å². The molecule has 1 saturated heterocycles. The molecule has 1 atom stereocenters. The van der Waals surface area contributed by atoms with E-state index in [1.165, 1.54) is 18.6 Å². The molecule has 0 radical (unpaired) electrons. The summed E-state index contributed by atoms with van der Waals surface area (Å²) in [5, 5.41) is 0.